The number of carbonyl (C=O) groups excluding carboxylic acids is 1. The molecule has 0 aliphatic heterocycles. The SMILES string of the molecule is Cc1csc(NC(=O)CC(N)C(C)C)n1. The molecule has 1 atom stereocenters. The van der Waals surface area contributed by atoms with Gasteiger partial charge in [-0.1, -0.05) is 13.8 Å². The molecule has 0 spiro atoms. The first-order valence-electron chi connectivity index (χ1n) is 4.96. The molecule has 0 radical (unpaired) electrons. The summed E-state index contributed by atoms with van der Waals surface area (Å²) in [4.78, 5) is 15.7. The van der Waals surface area contributed by atoms with Gasteiger partial charge in [-0.15, -0.1) is 11.3 Å². The fourth-order valence-corrected chi connectivity index (χ4v) is 1.74. The highest BCUT2D eigenvalue weighted by atomic mass is 32.1. The summed E-state index contributed by atoms with van der Waals surface area (Å²) >= 11 is 1.43. The van der Waals surface area contributed by atoms with E-state index >= 15 is 0 Å². The van der Waals surface area contributed by atoms with Gasteiger partial charge in [0.05, 0.1) is 5.69 Å². The Labute approximate surface area is 93.9 Å². The maximum atomic E-state index is 11.5. The Kier molecular flexibility index (Phi) is 4.23. The first kappa shape index (κ1) is 12.1. The van der Waals surface area contributed by atoms with Crippen LogP contribution in [0.3, 0.4) is 0 Å². The maximum absolute atomic E-state index is 11.5. The number of hydrogen-bond donors (Lipinski definition) is 2. The van der Waals surface area contributed by atoms with Crippen LogP contribution < -0.4 is 11.1 Å². The largest absolute Gasteiger partial charge is 0.327 e. The number of aryl methyl sites for hydroxylation is 1. The molecule has 5 heteroatoms. The number of nitrogens with zero attached hydrogens (tertiary/aromatic N) is 1. The summed E-state index contributed by atoms with van der Waals surface area (Å²) in [7, 11) is 0. The molecule has 1 rings (SSSR count). The number of anilines is 1. The Morgan fingerprint density at radius 1 is 1.67 bits per heavy atom. The predicted octanol–water partition coefficient (Wildman–Crippen LogP) is 1.76. The van der Waals surface area contributed by atoms with Gasteiger partial charge in [-0.3, -0.25) is 4.79 Å². The van der Waals surface area contributed by atoms with Gasteiger partial charge in [0.1, 0.15) is 0 Å². The van der Waals surface area contributed by atoms with Crippen LogP contribution in [0.4, 0.5) is 5.13 Å². The molecule has 1 amide bonds. The van der Waals surface area contributed by atoms with Crippen LogP contribution in [-0.4, -0.2) is 16.9 Å². The maximum Gasteiger partial charge on any atom is 0.227 e. The van der Waals surface area contributed by atoms with Gasteiger partial charge in [-0.2, -0.15) is 0 Å². The van der Waals surface area contributed by atoms with Crippen molar-refractivity contribution in [2.24, 2.45) is 11.7 Å². The van der Waals surface area contributed by atoms with Crippen molar-refractivity contribution < 1.29 is 4.79 Å². The van der Waals surface area contributed by atoms with E-state index in [0.717, 1.165) is 5.69 Å². The van der Waals surface area contributed by atoms with E-state index in [1.54, 1.807) is 0 Å². The summed E-state index contributed by atoms with van der Waals surface area (Å²) in [5.74, 6) is 0.249. The van der Waals surface area contributed by atoms with Gasteiger partial charge in [0.2, 0.25) is 5.91 Å². The smallest absolute Gasteiger partial charge is 0.227 e. The van der Waals surface area contributed by atoms with Crippen molar-refractivity contribution in [1.29, 1.82) is 0 Å². The van der Waals surface area contributed by atoms with Gasteiger partial charge in [0, 0.05) is 17.8 Å². The van der Waals surface area contributed by atoms with E-state index < -0.39 is 0 Å². The quantitative estimate of drug-likeness (QED) is 0.823. The Morgan fingerprint density at radius 3 is 2.80 bits per heavy atom. The normalized spacial score (nSPS) is 12.9. The molecule has 1 unspecified atom stereocenters. The third kappa shape index (κ3) is 3.97. The number of rotatable bonds is 4. The number of nitrogens with two attached hydrogens (primary N) is 1. The molecule has 1 heterocycles. The van der Waals surface area contributed by atoms with E-state index in [1.807, 2.05) is 26.2 Å². The zero-order valence-corrected chi connectivity index (χ0v) is 10.1. The van der Waals surface area contributed by atoms with Gasteiger partial charge in [-0.05, 0) is 12.8 Å². The van der Waals surface area contributed by atoms with Crippen LogP contribution in [0.15, 0.2) is 5.38 Å². The lowest BCUT2D eigenvalue weighted by atomic mass is 10.0. The van der Waals surface area contributed by atoms with Gasteiger partial charge in [0.25, 0.3) is 0 Å². The fraction of sp³-hybridized carbons (Fsp3) is 0.600. The van der Waals surface area contributed by atoms with Gasteiger partial charge < -0.3 is 11.1 Å². The summed E-state index contributed by atoms with van der Waals surface area (Å²) in [5, 5.41) is 5.28. The molecule has 84 valence electrons. The number of amides is 1. The standard InChI is InChI=1S/C10H17N3OS/c1-6(2)8(11)4-9(14)13-10-12-7(3)5-15-10/h5-6,8H,4,11H2,1-3H3,(H,12,13,14). The minimum Gasteiger partial charge on any atom is -0.327 e. The lowest BCUT2D eigenvalue weighted by Gasteiger charge is -2.14. The number of hydrogen-bond acceptors (Lipinski definition) is 4. The topological polar surface area (TPSA) is 68.0 Å². The molecule has 15 heavy (non-hydrogen) atoms. The molecule has 0 fully saturated rings. The minimum atomic E-state index is -0.0916. The number of nitrogens with one attached hydrogen (secondary N) is 1. The van der Waals surface area contributed by atoms with E-state index in [2.05, 4.69) is 10.3 Å². The van der Waals surface area contributed by atoms with E-state index in [9.17, 15) is 4.79 Å². The second-order valence-electron chi connectivity index (χ2n) is 3.95. The van der Waals surface area contributed by atoms with Crippen LogP contribution in [0.25, 0.3) is 0 Å². The average molecular weight is 227 g/mol. The summed E-state index contributed by atoms with van der Waals surface area (Å²) in [5.41, 5.74) is 6.72. The van der Waals surface area contributed by atoms with Crippen LogP contribution in [0.2, 0.25) is 0 Å². The van der Waals surface area contributed by atoms with E-state index in [1.165, 1.54) is 11.3 Å². The highest BCUT2D eigenvalue weighted by Gasteiger charge is 2.13. The molecular weight excluding hydrogens is 210 g/mol. The van der Waals surface area contributed by atoms with Crippen molar-refractivity contribution in [3.05, 3.63) is 11.1 Å². The molecule has 0 aliphatic carbocycles. The third-order valence-corrected chi connectivity index (χ3v) is 3.02. The third-order valence-electron chi connectivity index (χ3n) is 2.14. The Bertz CT molecular complexity index is 335. The molecule has 0 aromatic carbocycles. The second-order valence-corrected chi connectivity index (χ2v) is 4.81. The molecule has 0 bridgehead atoms. The van der Waals surface area contributed by atoms with Crippen molar-refractivity contribution in [2.45, 2.75) is 33.2 Å². The molecule has 0 aliphatic rings. The average Bonchev–Trinajstić information content (AvgIpc) is 2.50. The Hall–Kier alpha value is -0.940. The van der Waals surface area contributed by atoms with Crippen LogP contribution in [-0.2, 0) is 4.79 Å². The molecular formula is C10H17N3OS. The lowest BCUT2D eigenvalue weighted by molar-refractivity contribution is -0.116. The van der Waals surface area contributed by atoms with Crippen LogP contribution in [0.1, 0.15) is 26.0 Å². The van der Waals surface area contributed by atoms with Gasteiger partial charge in [0.15, 0.2) is 5.13 Å². The first-order chi connectivity index (χ1) is 6.99. The molecule has 1 aromatic heterocycles. The summed E-state index contributed by atoms with van der Waals surface area (Å²) < 4.78 is 0. The van der Waals surface area contributed by atoms with Crippen LogP contribution in [0, 0.1) is 12.8 Å². The molecule has 1 aromatic rings. The van der Waals surface area contributed by atoms with E-state index in [-0.39, 0.29) is 11.9 Å². The summed E-state index contributed by atoms with van der Waals surface area (Å²) in [6.45, 7) is 5.91. The lowest BCUT2D eigenvalue weighted by Crippen LogP contribution is -2.31. The molecule has 0 saturated carbocycles. The van der Waals surface area contributed by atoms with Crippen molar-refractivity contribution in [3.8, 4) is 0 Å². The Balaban J connectivity index is 2.43. The highest BCUT2D eigenvalue weighted by Crippen LogP contribution is 2.15. The monoisotopic (exact) mass is 227 g/mol. The van der Waals surface area contributed by atoms with Crippen molar-refractivity contribution in [2.75, 3.05) is 5.32 Å². The van der Waals surface area contributed by atoms with Crippen molar-refractivity contribution >= 4 is 22.4 Å². The van der Waals surface area contributed by atoms with Gasteiger partial charge >= 0.3 is 0 Å². The van der Waals surface area contributed by atoms with Crippen molar-refractivity contribution in [3.63, 3.8) is 0 Å². The fourth-order valence-electron chi connectivity index (χ4n) is 1.03. The predicted molar refractivity (Wildman–Crippen MR) is 62.9 cm³/mol. The summed E-state index contributed by atoms with van der Waals surface area (Å²) in [6.07, 6.45) is 0.344. The number of aromatic nitrogens is 1. The first-order valence-corrected chi connectivity index (χ1v) is 5.84. The Morgan fingerprint density at radius 2 is 2.33 bits per heavy atom. The second kappa shape index (κ2) is 5.23. The van der Waals surface area contributed by atoms with Crippen LogP contribution >= 0.6 is 11.3 Å². The van der Waals surface area contributed by atoms with Crippen LogP contribution in [0.5, 0.6) is 0 Å². The zero-order chi connectivity index (χ0) is 11.4. The number of carbonyl (C=O) groups is 1. The minimum absolute atomic E-state index is 0.0643. The molecule has 0 saturated heterocycles. The molecule has 4 nitrogen and oxygen atoms in total. The van der Waals surface area contributed by atoms with Crippen molar-refractivity contribution in [1.82, 2.24) is 4.98 Å². The van der Waals surface area contributed by atoms with Gasteiger partial charge in [-0.25, -0.2) is 4.98 Å². The molecule has 3 N–H and O–H groups in total. The number of thiazole rings is 1. The van der Waals surface area contributed by atoms with E-state index in [0.29, 0.717) is 17.5 Å². The van der Waals surface area contributed by atoms with E-state index in [4.69, 9.17) is 5.73 Å². The highest BCUT2D eigenvalue weighted by molar-refractivity contribution is 7.13. The summed E-state index contributed by atoms with van der Waals surface area (Å²) in [6, 6.07) is -0.0916. The zero-order valence-electron chi connectivity index (χ0n) is 9.28.